The van der Waals surface area contributed by atoms with Crippen molar-refractivity contribution in [2.45, 2.75) is 49.5 Å². The molecule has 9 nitrogen and oxygen atoms in total. The van der Waals surface area contributed by atoms with E-state index in [2.05, 4.69) is 4.74 Å². The molecule has 0 atom stereocenters. The molecule has 216 valence electrons. The number of halogens is 3. The van der Waals surface area contributed by atoms with Crippen molar-refractivity contribution in [2.24, 2.45) is 0 Å². The van der Waals surface area contributed by atoms with Crippen molar-refractivity contribution >= 4 is 18.0 Å². The molecule has 0 radical (unpaired) electrons. The highest BCUT2D eigenvalue weighted by molar-refractivity contribution is 5.83. The van der Waals surface area contributed by atoms with Crippen LogP contribution in [0.2, 0.25) is 0 Å². The number of rotatable bonds is 9. The zero-order chi connectivity index (χ0) is 29.1. The number of nitrogens with zero attached hydrogens (tertiary/aromatic N) is 3. The van der Waals surface area contributed by atoms with Crippen LogP contribution in [0.4, 0.5) is 18.0 Å². The number of carboxylic acid groups (broad SMARTS) is 1. The largest absolute Gasteiger partial charge is 0.497 e. The van der Waals surface area contributed by atoms with E-state index in [9.17, 15) is 32.7 Å². The number of ether oxygens (including phenoxy) is 2. The highest BCUT2D eigenvalue weighted by atomic mass is 19.4. The minimum absolute atomic E-state index is 0.290. The number of amides is 2. The predicted octanol–water partition coefficient (Wildman–Crippen LogP) is 4.22. The first kappa shape index (κ1) is 29.2. The maximum atomic E-state index is 13.5. The maximum Gasteiger partial charge on any atom is 0.490 e. The third kappa shape index (κ3) is 5.86. The molecule has 1 spiro atoms. The van der Waals surface area contributed by atoms with Crippen LogP contribution < -0.4 is 4.74 Å². The van der Waals surface area contributed by atoms with Crippen LogP contribution in [0.3, 0.4) is 0 Å². The van der Waals surface area contributed by atoms with Gasteiger partial charge < -0.3 is 24.4 Å². The fraction of sp³-hybridized carbons (Fsp3) is 0.464. The van der Waals surface area contributed by atoms with E-state index in [-0.39, 0.29) is 12.6 Å². The second-order valence-electron chi connectivity index (χ2n) is 10.3. The van der Waals surface area contributed by atoms with Crippen molar-refractivity contribution in [3.8, 4) is 5.75 Å². The first-order valence-corrected chi connectivity index (χ1v) is 12.8. The molecule has 2 aromatic rings. The standard InChI is InChI=1S/C28H32F3N3O6/c1-32(19-40-24(37)28(29,30)31)27(21-6-4-3-5-7-21)14-12-26(13-15-27)18-33(25(38)34(26)17-23(35)36)16-20-8-10-22(39-2)11-9-20/h3-11H,12-19H2,1-2H3,(H,35,36)/t26-,27+. The number of hydrogen-bond acceptors (Lipinski definition) is 6. The topological polar surface area (TPSA) is 99.6 Å². The van der Waals surface area contributed by atoms with Crippen molar-refractivity contribution in [3.05, 3.63) is 65.7 Å². The van der Waals surface area contributed by atoms with Gasteiger partial charge in [-0.1, -0.05) is 42.5 Å². The van der Waals surface area contributed by atoms with E-state index in [1.807, 2.05) is 42.5 Å². The van der Waals surface area contributed by atoms with E-state index >= 15 is 0 Å². The van der Waals surface area contributed by atoms with Crippen molar-refractivity contribution in [3.63, 3.8) is 0 Å². The monoisotopic (exact) mass is 563 g/mol. The summed E-state index contributed by atoms with van der Waals surface area (Å²) in [5, 5.41) is 9.62. The molecule has 2 aromatic carbocycles. The Labute approximate surface area is 230 Å². The molecule has 12 heteroatoms. The van der Waals surface area contributed by atoms with Crippen LogP contribution in [-0.4, -0.2) is 83.5 Å². The molecule has 1 aliphatic heterocycles. The summed E-state index contributed by atoms with van der Waals surface area (Å²) in [6.07, 6.45) is -3.50. The van der Waals surface area contributed by atoms with Crippen molar-refractivity contribution < 1.29 is 42.1 Å². The Morgan fingerprint density at radius 3 is 2.20 bits per heavy atom. The van der Waals surface area contributed by atoms with Gasteiger partial charge >= 0.3 is 24.1 Å². The van der Waals surface area contributed by atoms with Gasteiger partial charge in [-0.3, -0.25) is 9.69 Å². The number of esters is 1. The molecule has 0 aromatic heterocycles. The van der Waals surface area contributed by atoms with Crippen LogP contribution in [-0.2, 0) is 26.4 Å². The van der Waals surface area contributed by atoms with Gasteiger partial charge in [-0.05, 0) is 56.0 Å². The van der Waals surface area contributed by atoms with Crippen molar-refractivity contribution in [1.82, 2.24) is 14.7 Å². The third-order valence-corrected chi connectivity index (χ3v) is 8.06. The maximum absolute atomic E-state index is 13.5. The number of aliphatic carboxylic acids is 1. The molecule has 40 heavy (non-hydrogen) atoms. The summed E-state index contributed by atoms with van der Waals surface area (Å²) in [5.41, 5.74) is 0.130. The lowest BCUT2D eigenvalue weighted by atomic mass is 9.68. The first-order chi connectivity index (χ1) is 18.9. The normalized spacial score (nSPS) is 23.1. The fourth-order valence-corrected chi connectivity index (χ4v) is 5.88. The van der Waals surface area contributed by atoms with Gasteiger partial charge in [0.05, 0.1) is 12.6 Å². The van der Waals surface area contributed by atoms with E-state index in [1.165, 1.54) is 4.90 Å². The summed E-state index contributed by atoms with van der Waals surface area (Å²) in [4.78, 5) is 41.3. The first-order valence-electron chi connectivity index (χ1n) is 12.8. The second-order valence-corrected chi connectivity index (χ2v) is 10.3. The summed E-state index contributed by atoms with van der Waals surface area (Å²) < 4.78 is 48.1. The van der Waals surface area contributed by atoms with E-state index in [0.717, 1.165) is 11.1 Å². The van der Waals surface area contributed by atoms with Crippen LogP contribution in [0.15, 0.2) is 54.6 Å². The number of hydrogen-bond donors (Lipinski definition) is 1. The molecule has 1 saturated heterocycles. The lowest BCUT2D eigenvalue weighted by molar-refractivity contribution is -0.206. The predicted molar refractivity (Wildman–Crippen MR) is 137 cm³/mol. The number of carboxylic acids is 1. The van der Waals surface area contributed by atoms with Gasteiger partial charge in [0.25, 0.3) is 0 Å². The molecule has 0 unspecified atom stereocenters. The highest BCUT2D eigenvalue weighted by Gasteiger charge is 2.55. The number of carbonyl (C=O) groups excluding carboxylic acids is 2. The minimum atomic E-state index is -5.10. The average Bonchev–Trinajstić information content (AvgIpc) is 3.17. The Bertz CT molecular complexity index is 1210. The van der Waals surface area contributed by atoms with Gasteiger partial charge in [0.2, 0.25) is 0 Å². The molecule has 2 aliphatic rings. The fourth-order valence-electron chi connectivity index (χ4n) is 5.88. The molecule has 2 amide bonds. The molecular formula is C28H32F3N3O6. The van der Waals surface area contributed by atoms with Crippen molar-refractivity contribution in [1.29, 1.82) is 0 Å². The van der Waals surface area contributed by atoms with E-state index in [0.29, 0.717) is 38.0 Å². The van der Waals surface area contributed by atoms with Gasteiger partial charge in [0.1, 0.15) is 19.0 Å². The van der Waals surface area contributed by atoms with E-state index in [1.54, 1.807) is 36.1 Å². The molecule has 1 heterocycles. The number of carbonyl (C=O) groups is 3. The Morgan fingerprint density at radius 2 is 1.65 bits per heavy atom. The molecule has 0 bridgehead atoms. The van der Waals surface area contributed by atoms with Gasteiger partial charge in [-0.15, -0.1) is 0 Å². The molecule has 4 rings (SSSR count). The average molecular weight is 564 g/mol. The van der Waals surface area contributed by atoms with Crippen LogP contribution in [0.25, 0.3) is 0 Å². The van der Waals surface area contributed by atoms with Crippen molar-refractivity contribution in [2.75, 3.05) is 34.0 Å². The van der Waals surface area contributed by atoms with E-state index < -0.39 is 42.5 Å². The molecule has 1 saturated carbocycles. The van der Waals surface area contributed by atoms with Crippen LogP contribution in [0.1, 0.15) is 36.8 Å². The smallest absolute Gasteiger partial charge is 0.490 e. The van der Waals surface area contributed by atoms with E-state index in [4.69, 9.17) is 4.74 Å². The Balaban J connectivity index is 1.58. The summed E-state index contributed by atoms with van der Waals surface area (Å²) in [7, 11) is 3.16. The summed E-state index contributed by atoms with van der Waals surface area (Å²) in [5.74, 6) is -2.72. The molecule has 1 N–H and O–H groups in total. The zero-order valence-corrected chi connectivity index (χ0v) is 22.3. The third-order valence-electron chi connectivity index (χ3n) is 8.06. The lowest BCUT2D eigenvalue weighted by Crippen LogP contribution is -2.57. The lowest BCUT2D eigenvalue weighted by Gasteiger charge is -2.51. The molecular weight excluding hydrogens is 531 g/mol. The van der Waals surface area contributed by atoms with Gasteiger partial charge in [0, 0.05) is 18.6 Å². The quantitative estimate of drug-likeness (QED) is 0.360. The Kier molecular flexibility index (Phi) is 8.29. The second kappa shape index (κ2) is 11.4. The van der Waals surface area contributed by atoms with Gasteiger partial charge in [-0.2, -0.15) is 13.2 Å². The Morgan fingerprint density at radius 1 is 1.02 bits per heavy atom. The summed E-state index contributed by atoms with van der Waals surface area (Å²) in [6, 6.07) is 16.1. The molecule has 1 aliphatic carbocycles. The van der Waals surface area contributed by atoms with Crippen LogP contribution >= 0.6 is 0 Å². The van der Waals surface area contributed by atoms with Crippen LogP contribution in [0, 0.1) is 0 Å². The number of benzene rings is 2. The number of urea groups is 1. The number of alkyl halides is 3. The van der Waals surface area contributed by atoms with Gasteiger partial charge in [-0.25, -0.2) is 9.59 Å². The summed E-state index contributed by atoms with van der Waals surface area (Å²) >= 11 is 0. The minimum Gasteiger partial charge on any atom is -0.497 e. The highest BCUT2D eigenvalue weighted by Crippen LogP contribution is 2.49. The summed E-state index contributed by atoms with van der Waals surface area (Å²) in [6.45, 7) is -0.447. The molecule has 2 fully saturated rings. The number of methoxy groups -OCH3 is 1. The Hall–Kier alpha value is -3.80. The van der Waals surface area contributed by atoms with Gasteiger partial charge in [0.15, 0.2) is 0 Å². The zero-order valence-electron chi connectivity index (χ0n) is 22.3. The van der Waals surface area contributed by atoms with Crippen LogP contribution in [0.5, 0.6) is 5.75 Å². The SMILES string of the molecule is COc1ccc(CN2C[C@]3(CC[C@](c4ccccc4)(N(C)COC(=O)C(F)(F)F)CC3)N(CC(=O)O)C2=O)cc1.